The van der Waals surface area contributed by atoms with E-state index in [9.17, 15) is 4.79 Å². The highest BCUT2D eigenvalue weighted by atomic mass is 16.1. The molecule has 1 aliphatic carbocycles. The predicted octanol–water partition coefficient (Wildman–Crippen LogP) is 3.49. The third kappa shape index (κ3) is 3.75. The van der Waals surface area contributed by atoms with Crippen LogP contribution in [0.1, 0.15) is 52.4 Å². The molecule has 0 heterocycles. The van der Waals surface area contributed by atoms with Crippen LogP contribution in [0.4, 0.5) is 0 Å². The summed E-state index contributed by atoms with van der Waals surface area (Å²) in [6.07, 6.45) is 8.43. The van der Waals surface area contributed by atoms with Gasteiger partial charge in [-0.15, -0.1) is 0 Å². The summed E-state index contributed by atoms with van der Waals surface area (Å²) < 4.78 is 0. The first kappa shape index (κ1) is 10.5. The molecule has 0 aliphatic heterocycles. The largest absolute Gasteiger partial charge is 0.299 e. The monoisotopic (exact) mass is 180 g/mol. The maximum atomic E-state index is 11.0. The molecule has 1 unspecified atom stereocenters. The first-order chi connectivity index (χ1) is 6.22. The van der Waals surface area contributed by atoms with Crippen molar-refractivity contribution in [1.82, 2.24) is 0 Å². The Kier molecular flexibility index (Phi) is 4.20. The van der Waals surface area contributed by atoms with Crippen LogP contribution in [0.3, 0.4) is 0 Å². The van der Waals surface area contributed by atoms with E-state index in [2.05, 4.69) is 19.9 Å². The molecule has 0 spiro atoms. The third-order valence-electron chi connectivity index (χ3n) is 2.74. The van der Waals surface area contributed by atoms with E-state index < -0.39 is 0 Å². The molecule has 0 N–H and O–H groups in total. The van der Waals surface area contributed by atoms with E-state index in [1.807, 2.05) is 0 Å². The molecular formula is C12H20O. The van der Waals surface area contributed by atoms with Gasteiger partial charge in [-0.25, -0.2) is 0 Å². The van der Waals surface area contributed by atoms with Gasteiger partial charge in [-0.2, -0.15) is 0 Å². The zero-order valence-corrected chi connectivity index (χ0v) is 8.81. The summed E-state index contributed by atoms with van der Waals surface area (Å²) in [5.41, 5.74) is 1.51. The number of hydrogen-bond donors (Lipinski definition) is 0. The summed E-state index contributed by atoms with van der Waals surface area (Å²) >= 11 is 0. The molecule has 0 saturated carbocycles. The number of carbonyl (C=O) groups is 1. The number of hydrogen-bond acceptors (Lipinski definition) is 1. The van der Waals surface area contributed by atoms with Crippen molar-refractivity contribution in [2.75, 3.05) is 0 Å². The molecule has 0 aromatic rings. The van der Waals surface area contributed by atoms with Crippen LogP contribution in [-0.2, 0) is 4.79 Å². The normalized spacial score (nSPS) is 19.8. The van der Waals surface area contributed by atoms with Crippen LogP contribution in [0.2, 0.25) is 0 Å². The minimum atomic E-state index is 0.409. The second-order valence-electron chi connectivity index (χ2n) is 4.20. The molecule has 1 aliphatic rings. The summed E-state index contributed by atoms with van der Waals surface area (Å²) in [7, 11) is 0. The molecule has 1 nitrogen and oxygen atoms in total. The van der Waals surface area contributed by atoms with Crippen molar-refractivity contribution in [2.24, 2.45) is 5.92 Å². The molecule has 0 radical (unpaired) electrons. The Labute approximate surface area is 81.2 Å². The van der Waals surface area contributed by atoms with E-state index in [1.165, 1.54) is 24.8 Å². The second-order valence-corrected chi connectivity index (χ2v) is 4.20. The molecule has 0 fully saturated rings. The van der Waals surface area contributed by atoms with Gasteiger partial charge in [0.15, 0.2) is 0 Å². The van der Waals surface area contributed by atoms with Crippen LogP contribution in [0.15, 0.2) is 11.6 Å². The van der Waals surface area contributed by atoms with E-state index in [0.717, 1.165) is 18.8 Å². The van der Waals surface area contributed by atoms with Crippen molar-refractivity contribution in [1.29, 1.82) is 0 Å². The Morgan fingerprint density at radius 1 is 1.46 bits per heavy atom. The quantitative estimate of drug-likeness (QED) is 0.605. The Bertz CT molecular complexity index is 203. The van der Waals surface area contributed by atoms with Crippen LogP contribution < -0.4 is 0 Å². The predicted molar refractivity (Wildman–Crippen MR) is 55.6 cm³/mol. The van der Waals surface area contributed by atoms with Gasteiger partial charge in [0.05, 0.1) is 0 Å². The first-order valence-electron chi connectivity index (χ1n) is 5.42. The lowest BCUT2D eigenvalue weighted by atomic mass is 9.90. The van der Waals surface area contributed by atoms with E-state index in [-0.39, 0.29) is 0 Å². The summed E-state index contributed by atoms with van der Waals surface area (Å²) in [5.74, 6) is 1.20. The molecular weight excluding hydrogens is 160 g/mol. The SMILES string of the molecule is CCCC(C)CC1=CCC(=O)CC1. The van der Waals surface area contributed by atoms with Crippen LogP contribution in [0.25, 0.3) is 0 Å². The molecule has 0 aromatic carbocycles. The highest BCUT2D eigenvalue weighted by Crippen LogP contribution is 2.23. The maximum Gasteiger partial charge on any atom is 0.136 e. The van der Waals surface area contributed by atoms with E-state index in [1.54, 1.807) is 0 Å². The third-order valence-corrected chi connectivity index (χ3v) is 2.74. The van der Waals surface area contributed by atoms with Crippen molar-refractivity contribution < 1.29 is 4.79 Å². The van der Waals surface area contributed by atoms with Gasteiger partial charge < -0.3 is 0 Å². The van der Waals surface area contributed by atoms with Crippen LogP contribution in [-0.4, -0.2) is 5.78 Å². The first-order valence-corrected chi connectivity index (χ1v) is 5.42. The van der Waals surface area contributed by atoms with Crippen molar-refractivity contribution in [2.45, 2.75) is 52.4 Å². The zero-order valence-electron chi connectivity index (χ0n) is 8.81. The van der Waals surface area contributed by atoms with Crippen molar-refractivity contribution in [3.05, 3.63) is 11.6 Å². The van der Waals surface area contributed by atoms with Crippen LogP contribution in [0.5, 0.6) is 0 Å². The maximum absolute atomic E-state index is 11.0. The van der Waals surface area contributed by atoms with Crippen molar-refractivity contribution >= 4 is 5.78 Å². The van der Waals surface area contributed by atoms with Gasteiger partial charge in [0, 0.05) is 12.8 Å². The number of carbonyl (C=O) groups excluding carboxylic acids is 1. The smallest absolute Gasteiger partial charge is 0.136 e. The van der Waals surface area contributed by atoms with Gasteiger partial charge in [0.2, 0.25) is 0 Å². The minimum Gasteiger partial charge on any atom is -0.299 e. The Hall–Kier alpha value is -0.590. The van der Waals surface area contributed by atoms with Crippen molar-refractivity contribution in [3.8, 4) is 0 Å². The molecule has 74 valence electrons. The average Bonchev–Trinajstić information content (AvgIpc) is 2.09. The molecule has 0 saturated heterocycles. The topological polar surface area (TPSA) is 17.1 Å². The second kappa shape index (κ2) is 5.21. The fourth-order valence-corrected chi connectivity index (χ4v) is 1.99. The molecule has 0 bridgehead atoms. The van der Waals surface area contributed by atoms with E-state index in [4.69, 9.17) is 0 Å². The van der Waals surface area contributed by atoms with Gasteiger partial charge in [0.25, 0.3) is 0 Å². The fourth-order valence-electron chi connectivity index (χ4n) is 1.99. The standard InChI is InChI=1S/C12H20O/c1-3-4-10(2)9-11-5-7-12(13)8-6-11/h5,10H,3-4,6-9H2,1-2H3. The molecule has 0 aromatic heterocycles. The minimum absolute atomic E-state index is 0.409. The average molecular weight is 180 g/mol. The number of Topliss-reactive ketones (excluding diaryl/α,β-unsaturated/α-hetero) is 1. The van der Waals surface area contributed by atoms with Crippen LogP contribution in [0, 0.1) is 5.92 Å². The van der Waals surface area contributed by atoms with Gasteiger partial charge in [-0.05, 0) is 18.8 Å². The Morgan fingerprint density at radius 2 is 2.23 bits per heavy atom. The summed E-state index contributed by atoms with van der Waals surface area (Å²) in [4.78, 5) is 11.0. The van der Waals surface area contributed by atoms with Gasteiger partial charge in [-0.1, -0.05) is 38.3 Å². The van der Waals surface area contributed by atoms with E-state index >= 15 is 0 Å². The Morgan fingerprint density at radius 3 is 2.77 bits per heavy atom. The highest BCUT2D eigenvalue weighted by molar-refractivity contribution is 5.81. The zero-order chi connectivity index (χ0) is 9.68. The van der Waals surface area contributed by atoms with Crippen LogP contribution >= 0.6 is 0 Å². The molecule has 13 heavy (non-hydrogen) atoms. The highest BCUT2D eigenvalue weighted by Gasteiger charge is 2.12. The number of allylic oxidation sites excluding steroid dienone is 2. The van der Waals surface area contributed by atoms with E-state index in [0.29, 0.717) is 12.2 Å². The lowest BCUT2D eigenvalue weighted by Crippen LogP contribution is -2.06. The summed E-state index contributed by atoms with van der Waals surface area (Å²) in [6, 6.07) is 0. The Balaban J connectivity index is 2.32. The summed E-state index contributed by atoms with van der Waals surface area (Å²) in [5, 5.41) is 0. The number of ketones is 1. The van der Waals surface area contributed by atoms with Gasteiger partial charge >= 0.3 is 0 Å². The summed E-state index contributed by atoms with van der Waals surface area (Å²) in [6.45, 7) is 4.54. The lowest BCUT2D eigenvalue weighted by molar-refractivity contribution is -0.118. The molecule has 1 heteroatoms. The lowest BCUT2D eigenvalue weighted by Gasteiger charge is -2.16. The fraction of sp³-hybridized carbons (Fsp3) is 0.750. The molecule has 1 rings (SSSR count). The molecule has 1 atom stereocenters. The molecule has 0 amide bonds. The van der Waals surface area contributed by atoms with Gasteiger partial charge in [0.1, 0.15) is 5.78 Å². The van der Waals surface area contributed by atoms with Crippen molar-refractivity contribution in [3.63, 3.8) is 0 Å². The van der Waals surface area contributed by atoms with Gasteiger partial charge in [-0.3, -0.25) is 4.79 Å². The number of rotatable bonds is 4.